The van der Waals surface area contributed by atoms with Crippen LogP contribution in [0.3, 0.4) is 0 Å². The number of rotatable bonds is 8. The summed E-state index contributed by atoms with van der Waals surface area (Å²) in [5.74, 6) is 2.22. The quantitative estimate of drug-likeness (QED) is 0.340. The van der Waals surface area contributed by atoms with E-state index in [-0.39, 0.29) is 5.04 Å². The summed E-state index contributed by atoms with van der Waals surface area (Å²) in [7, 11) is -1.74. The van der Waals surface area contributed by atoms with Gasteiger partial charge in [0.1, 0.15) is 6.29 Å². The van der Waals surface area contributed by atoms with Crippen LogP contribution in [0, 0.1) is 28.6 Å². The number of fused-ring (bicyclic) bond motifs is 2. The van der Waals surface area contributed by atoms with Gasteiger partial charge in [0.05, 0.1) is 0 Å². The molecule has 0 heterocycles. The van der Waals surface area contributed by atoms with Gasteiger partial charge in [0.15, 0.2) is 8.32 Å². The van der Waals surface area contributed by atoms with Crippen LogP contribution in [0.1, 0.15) is 87.0 Å². The molecule has 3 saturated carbocycles. The average Bonchev–Trinajstić information content (AvgIpc) is 2.48. The maximum atomic E-state index is 10.7. The molecule has 0 radical (unpaired) electrons. The predicted molar refractivity (Wildman–Crippen MR) is 114 cm³/mol. The zero-order chi connectivity index (χ0) is 20.0. The van der Waals surface area contributed by atoms with Crippen molar-refractivity contribution in [3.8, 4) is 0 Å². The highest BCUT2D eigenvalue weighted by atomic mass is 28.4. The molecule has 3 aliphatic carbocycles. The van der Waals surface area contributed by atoms with E-state index < -0.39 is 8.32 Å². The summed E-state index contributed by atoms with van der Waals surface area (Å²) in [6.45, 7) is 21.7. The van der Waals surface area contributed by atoms with Crippen LogP contribution in [0.25, 0.3) is 0 Å². The summed E-state index contributed by atoms with van der Waals surface area (Å²) in [5, 5.41) is 0.275. The summed E-state index contributed by atoms with van der Waals surface area (Å²) < 4.78 is 6.99. The van der Waals surface area contributed by atoms with E-state index in [1.54, 1.807) is 0 Å². The fourth-order valence-corrected chi connectivity index (χ4v) is 6.90. The Morgan fingerprint density at radius 1 is 1.19 bits per heavy atom. The smallest absolute Gasteiger partial charge is 0.192 e. The van der Waals surface area contributed by atoms with Gasteiger partial charge in [-0.2, -0.15) is 0 Å². The lowest BCUT2D eigenvalue weighted by molar-refractivity contribution is -0.205. The Labute approximate surface area is 164 Å². The second-order valence-electron chi connectivity index (χ2n) is 11.9. The highest BCUT2D eigenvalue weighted by molar-refractivity contribution is 6.74. The molecule has 3 heteroatoms. The maximum absolute atomic E-state index is 10.7. The van der Waals surface area contributed by atoms with E-state index in [9.17, 15) is 4.79 Å². The van der Waals surface area contributed by atoms with Crippen LogP contribution in [0.2, 0.25) is 18.1 Å². The average molecular weight is 381 g/mol. The Morgan fingerprint density at radius 3 is 2.31 bits per heavy atom. The molecule has 5 atom stereocenters. The van der Waals surface area contributed by atoms with E-state index in [4.69, 9.17) is 4.43 Å². The van der Waals surface area contributed by atoms with Crippen molar-refractivity contribution in [3.05, 3.63) is 0 Å². The van der Waals surface area contributed by atoms with Crippen molar-refractivity contribution in [2.75, 3.05) is 0 Å². The van der Waals surface area contributed by atoms with E-state index in [0.29, 0.717) is 29.3 Å². The molecule has 2 nitrogen and oxygen atoms in total. The summed E-state index contributed by atoms with van der Waals surface area (Å²) in [6, 6.07) is 0. The predicted octanol–water partition coefficient (Wildman–Crippen LogP) is 6.84. The Bertz CT molecular complexity index is 505. The van der Waals surface area contributed by atoms with E-state index in [0.717, 1.165) is 24.5 Å². The van der Waals surface area contributed by atoms with E-state index in [1.165, 1.54) is 25.7 Å². The lowest BCUT2D eigenvalue weighted by Crippen LogP contribution is -2.64. The van der Waals surface area contributed by atoms with Crippen molar-refractivity contribution >= 4 is 14.6 Å². The Hall–Kier alpha value is -0.153. The maximum Gasteiger partial charge on any atom is 0.192 e. The summed E-state index contributed by atoms with van der Waals surface area (Å²) in [6.07, 6.45) is 8.38. The minimum Gasteiger partial charge on any atom is -0.414 e. The zero-order valence-corrected chi connectivity index (χ0v) is 19.9. The molecule has 0 aliphatic heterocycles. The number of carbonyl (C=O) groups is 1. The molecular weight excluding hydrogens is 336 g/mol. The Morgan fingerprint density at radius 2 is 1.81 bits per heavy atom. The van der Waals surface area contributed by atoms with Gasteiger partial charge in [-0.25, -0.2) is 0 Å². The first-order chi connectivity index (χ1) is 11.7. The van der Waals surface area contributed by atoms with Crippen molar-refractivity contribution < 1.29 is 9.22 Å². The van der Waals surface area contributed by atoms with Gasteiger partial charge < -0.3 is 9.22 Å². The Balaban J connectivity index is 2.10. The van der Waals surface area contributed by atoms with E-state index >= 15 is 0 Å². The molecule has 0 saturated heterocycles. The van der Waals surface area contributed by atoms with Gasteiger partial charge >= 0.3 is 0 Å². The lowest BCUT2D eigenvalue weighted by atomic mass is 9.39. The van der Waals surface area contributed by atoms with Crippen molar-refractivity contribution in [1.29, 1.82) is 0 Å². The monoisotopic (exact) mass is 380 g/mol. The number of carbonyl (C=O) groups excluding carboxylic acids is 1. The van der Waals surface area contributed by atoms with Crippen molar-refractivity contribution in [3.63, 3.8) is 0 Å². The molecule has 0 aromatic carbocycles. The topological polar surface area (TPSA) is 26.3 Å². The van der Waals surface area contributed by atoms with Crippen molar-refractivity contribution in [2.45, 2.75) is 111 Å². The molecule has 3 aliphatic rings. The number of hydrogen-bond acceptors (Lipinski definition) is 2. The van der Waals surface area contributed by atoms with Gasteiger partial charge in [-0.1, -0.05) is 54.9 Å². The van der Waals surface area contributed by atoms with Gasteiger partial charge in [0.2, 0.25) is 0 Å². The van der Waals surface area contributed by atoms with Crippen LogP contribution in [0.4, 0.5) is 0 Å². The number of hydrogen-bond donors (Lipinski definition) is 0. The van der Waals surface area contributed by atoms with Crippen LogP contribution in [-0.4, -0.2) is 20.7 Å². The standard InChI is InChI=1S/C23H44O2Si/c1-17(11-10-14-24)12-13-23(7)16-19(18-15-20(23)22(18,5)6)25-26(8,9)21(2,3)4/h14,17-20H,10-13,15-16H2,1-9H3/t17-,18+,19+,20+,23+/m1/s1. The normalized spacial score (nSPS) is 34.9. The van der Waals surface area contributed by atoms with Crippen molar-refractivity contribution in [2.24, 2.45) is 28.6 Å². The third-order valence-electron chi connectivity index (χ3n) is 8.54. The minimum absolute atomic E-state index is 0.275. The van der Waals surface area contributed by atoms with Gasteiger partial charge in [-0.3, -0.25) is 0 Å². The highest BCUT2D eigenvalue weighted by Gasteiger charge is 2.63. The number of aldehydes is 1. The molecule has 26 heavy (non-hydrogen) atoms. The summed E-state index contributed by atoms with van der Waals surface area (Å²) >= 11 is 0. The highest BCUT2D eigenvalue weighted by Crippen LogP contribution is 2.68. The molecule has 2 bridgehead atoms. The molecule has 0 aromatic rings. The second-order valence-corrected chi connectivity index (χ2v) is 16.6. The molecule has 0 aromatic heterocycles. The first-order valence-corrected chi connectivity index (χ1v) is 13.8. The van der Waals surface area contributed by atoms with Crippen LogP contribution >= 0.6 is 0 Å². The van der Waals surface area contributed by atoms with Crippen LogP contribution in [0.15, 0.2) is 0 Å². The van der Waals surface area contributed by atoms with Crippen molar-refractivity contribution in [1.82, 2.24) is 0 Å². The zero-order valence-electron chi connectivity index (χ0n) is 18.9. The largest absolute Gasteiger partial charge is 0.414 e. The molecular formula is C23H44O2Si. The minimum atomic E-state index is -1.74. The van der Waals surface area contributed by atoms with Gasteiger partial charge in [-0.15, -0.1) is 0 Å². The third kappa shape index (κ3) is 4.14. The van der Waals surface area contributed by atoms with Crippen LogP contribution < -0.4 is 0 Å². The van der Waals surface area contributed by atoms with E-state index in [1.807, 2.05) is 0 Å². The SMILES string of the molecule is C[C@H](CCC=O)CC[C@@]1(C)C[C@H](O[Si](C)(C)C(C)(C)C)[C@@H]2C[C@H]1C2(C)C. The second kappa shape index (κ2) is 7.35. The molecule has 0 amide bonds. The van der Waals surface area contributed by atoms with Gasteiger partial charge in [-0.05, 0) is 72.4 Å². The summed E-state index contributed by atoms with van der Waals surface area (Å²) in [4.78, 5) is 10.7. The van der Waals surface area contributed by atoms with Crippen LogP contribution in [0.5, 0.6) is 0 Å². The molecule has 3 fully saturated rings. The summed E-state index contributed by atoms with van der Waals surface area (Å²) in [5.41, 5.74) is 0.798. The van der Waals surface area contributed by atoms with Gasteiger partial charge in [0.25, 0.3) is 0 Å². The molecule has 152 valence electrons. The Kier molecular flexibility index (Phi) is 6.26. The molecule has 0 unspecified atom stereocenters. The molecule has 0 spiro atoms. The van der Waals surface area contributed by atoms with Crippen LogP contribution in [-0.2, 0) is 9.22 Å². The first kappa shape index (κ1) is 22.1. The molecule has 3 rings (SSSR count). The first-order valence-electron chi connectivity index (χ1n) is 10.9. The van der Waals surface area contributed by atoms with E-state index in [2.05, 4.69) is 61.6 Å². The fraction of sp³-hybridized carbons (Fsp3) is 0.957. The fourth-order valence-electron chi connectivity index (χ4n) is 5.55. The third-order valence-corrected chi connectivity index (χ3v) is 13.0. The van der Waals surface area contributed by atoms with Gasteiger partial charge in [0, 0.05) is 12.5 Å². The lowest BCUT2D eigenvalue weighted by Gasteiger charge is -2.68. The molecule has 0 N–H and O–H groups in total.